The predicted octanol–water partition coefficient (Wildman–Crippen LogP) is 2.90. The second kappa shape index (κ2) is 3.84. The number of aromatic nitrogens is 2. The average molecular weight is 267 g/mol. The molecule has 10 heteroatoms. The molecule has 97 valence electrons. The number of nitrogens with zero attached hydrogens (tertiary/aromatic N) is 2. The summed E-state index contributed by atoms with van der Waals surface area (Å²) in [4.78, 5) is 0. The van der Waals surface area contributed by atoms with Crippen molar-refractivity contribution >= 4 is 0 Å². The molecule has 0 spiro atoms. The maximum Gasteiger partial charge on any atom is 0.459 e. The first kappa shape index (κ1) is 13.7. The predicted molar refractivity (Wildman–Crippen MR) is 37.1 cm³/mol. The lowest BCUT2D eigenvalue weighted by atomic mass is 10.2. The van der Waals surface area contributed by atoms with Gasteiger partial charge in [0.05, 0.1) is 6.20 Å². The third kappa shape index (κ3) is 2.86. The highest BCUT2D eigenvalue weighted by Crippen LogP contribution is 2.43. The van der Waals surface area contributed by atoms with E-state index in [0.29, 0.717) is 6.20 Å². The number of alkyl halides is 8. The van der Waals surface area contributed by atoms with Gasteiger partial charge in [0.1, 0.15) is 12.2 Å². The number of hydrogen-bond donors (Lipinski definition) is 0. The molecule has 0 fully saturated rings. The highest BCUT2D eigenvalue weighted by molar-refractivity contribution is 5.09. The third-order valence-electron chi connectivity index (χ3n) is 1.64. The van der Waals surface area contributed by atoms with Crippen LogP contribution < -0.4 is 0 Å². The minimum atomic E-state index is -6.01. The molecule has 1 aromatic rings. The molecular weight excluding hydrogens is 264 g/mol. The summed E-state index contributed by atoms with van der Waals surface area (Å²) in [6.07, 6.45) is -10.6. The third-order valence-corrected chi connectivity index (χ3v) is 1.64. The van der Waals surface area contributed by atoms with Crippen LogP contribution in [0.25, 0.3) is 0 Å². The monoisotopic (exact) mass is 267 g/mol. The van der Waals surface area contributed by atoms with Crippen LogP contribution in [0.3, 0.4) is 0 Å². The Labute approximate surface area is 88.8 Å². The van der Waals surface area contributed by atoms with Crippen molar-refractivity contribution in [2.75, 3.05) is 0 Å². The quantitative estimate of drug-likeness (QED) is 0.753. The molecule has 0 aliphatic rings. The van der Waals surface area contributed by atoms with Gasteiger partial charge in [-0.05, 0) is 0 Å². The van der Waals surface area contributed by atoms with Crippen LogP contribution in [0.2, 0.25) is 0 Å². The van der Waals surface area contributed by atoms with E-state index in [2.05, 4.69) is 5.10 Å². The van der Waals surface area contributed by atoms with Gasteiger partial charge >= 0.3 is 18.3 Å². The Morgan fingerprint density at radius 3 is 2.00 bits per heavy atom. The van der Waals surface area contributed by atoms with Crippen LogP contribution in [0.15, 0.2) is 6.20 Å². The van der Waals surface area contributed by atoms with E-state index in [1.54, 1.807) is 0 Å². The second-order valence-electron chi connectivity index (χ2n) is 2.98. The zero-order valence-corrected chi connectivity index (χ0v) is 7.70. The maximum atomic E-state index is 12.7. The van der Waals surface area contributed by atoms with E-state index in [4.69, 9.17) is 0 Å². The minimum Gasteiger partial charge on any atom is -0.253 e. The van der Waals surface area contributed by atoms with Crippen LogP contribution in [-0.4, -0.2) is 22.1 Å². The zero-order valence-electron chi connectivity index (χ0n) is 7.70. The maximum absolute atomic E-state index is 12.7. The molecular formula is C7H3F8N2. The fourth-order valence-electron chi connectivity index (χ4n) is 0.969. The Kier molecular flexibility index (Phi) is 3.10. The topological polar surface area (TPSA) is 17.8 Å². The molecule has 1 radical (unpaired) electrons. The lowest BCUT2D eigenvalue weighted by Crippen LogP contribution is -2.37. The fraction of sp³-hybridized carbons (Fsp3) is 0.571. The van der Waals surface area contributed by atoms with E-state index in [1.165, 1.54) is 6.07 Å². The molecule has 1 aromatic heterocycles. The molecule has 1 heterocycles. The lowest BCUT2D eigenvalue weighted by molar-refractivity contribution is -0.293. The molecule has 2 nitrogen and oxygen atoms in total. The summed E-state index contributed by atoms with van der Waals surface area (Å²) in [6, 6.07) is 1.36. The molecule has 0 saturated carbocycles. The van der Waals surface area contributed by atoms with Gasteiger partial charge in [0.15, 0.2) is 0 Å². The van der Waals surface area contributed by atoms with Gasteiger partial charge in [0.2, 0.25) is 0 Å². The van der Waals surface area contributed by atoms with Gasteiger partial charge in [-0.25, -0.2) is 0 Å². The largest absolute Gasteiger partial charge is 0.459 e. The molecule has 1 rings (SSSR count). The van der Waals surface area contributed by atoms with E-state index in [-0.39, 0.29) is 0 Å². The summed E-state index contributed by atoms with van der Waals surface area (Å²) in [7, 11) is 0. The van der Waals surface area contributed by atoms with Gasteiger partial charge in [-0.3, -0.25) is 4.68 Å². The standard InChI is InChI=1S/C7H3F8N2/c8-5(9,10)3-17-4(1-2-16-17)6(11,12)7(13,14)15/h2H,3H2. The van der Waals surface area contributed by atoms with Crippen molar-refractivity contribution < 1.29 is 35.1 Å². The van der Waals surface area contributed by atoms with Crippen LogP contribution in [0, 0.1) is 6.07 Å². The SMILES string of the molecule is FC(F)(F)Cn1nc[c]c1C(F)(F)C(F)(F)F. The Morgan fingerprint density at radius 2 is 1.59 bits per heavy atom. The second-order valence-corrected chi connectivity index (χ2v) is 2.98. The van der Waals surface area contributed by atoms with Gasteiger partial charge in [0.25, 0.3) is 0 Å². The van der Waals surface area contributed by atoms with Crippen LogP contribution in [0.5, 0.6) is 0 Å². The van der Waals surface area contributed by atoms with Crippen molar-refractivity contribution in [3.63, 3.8) is 0 Å². The van der Waals surface area contributed by atoms with Crippen LogP contribution >= 0.6 is 0 Å². The van der Waals surface area contributed by atoms with Gasteiger partial charge in [-0.15, -0.1) is 0 Å². The smallest absolute Gasteiger partial charge is 0.253 e. The zero-order chi connectivity index (χ0) is 13.5. The summed E-state index contributed by atoms with van der Waals surface area (Å²) in [5, 5.41) is 2.74. The Bertz CT molecular complexity index is 387. The Morgan fingerprint density at radius 1 is 1.06 bits per heavy atom. The lowest BCUT2D eigenvalue weighted by Gasteiger charge is -2.20. The molecule has 0 atom stereocenters. The minimum absolute atomic E-state index is 0.320. The molecule has 0 aromatic carbocycles. The molecule has 0 aliphatic carbocycles. The van der Waals surface area contributed by atoms with Crippen molar-refractivity contribution in [3.8, 4) is 0 Å². The highest BCUT2D eigenvalue weighted by atomic mass is 19.4. The normalized spacial score (nSPS) is 14.1. The van der Waals surface area contributed by atoms with Crippen LogP contribution in [0.1, 0.15) is 5.69 Å². The van der Waals surface area contributed by atoms with Crippen molar-refractivity contribution in [2.24, 2.45) is 0 Å². The van der Waals surface area contributed by atoms with Crippen molar-refractivity contribution in [2.45, 2.75) is 24.8 Å². The van der Waals surface area contributed by atoms with Crippen LogP contribution in [-0.2, 0) is 12.5 Å². The molecule has 0 amide bonds. The highest BCUT2D eigenvalue weighted by Gasteiger charge is 2.61. The van der Waals surface area contributed by atoms with Crippen molar-refractivity contribution in [1.29, 1.82) is 0 Å². The number of rotatable bonds is 2. The van der Waals surface area contributed by atoms with Gasteiger partial charge in [-0.1, -0.05) is 0 Å². The molecule has 0 unspecified atom stereocenters. The molecule has 0 aliphatic heterocycles. The Hall–Kier alpha value is -1.35. The Balaban J connectivity index is 3.13. The van der Waals surface area contributed by atoms with E-state index >= 15 is 0 Å². The average Bonchev–Trinajstić information content (AvgIpc) is 2.46. The van der Waals surface area contributed by atoms with E-state index in [0.717, 1.165) is 0 Å². The summed E-state index contributed by atoms with van der Waals surface area (Å²) < 4.78 is 96.4. The van der Waals surface area contributed by atoms with E-state index in [9.17, 15) is 35.1 Å². The van der Waals surface area contributed by atoms with Gasteiger partial charge in [-0.2, -0.15) is 40.2 Å². The van der Waals surface area contributed by atoms with E-state index < -0.39 is 35.2 Å². The summed E-state index contributed by atoms with van der Waals surface area (Å²) in [6.45, 7) is -2.04. The van der Waals surface area contributed by atoms with Gasteiger partial charge in [0, 0.05) is 6.07 Å². The van der Waals surface area contributed by atoms with Gasteiger partial charge < -0.3 is 0 Å². The summed E-state index contributed by atoms with van der Waals surface area (Å²) in [5.41, 5.74) is -1.97. The molecule has 0 bridgehead atoms. The summed E-state index contributed by atoms with van der Waals surface area (Å²) in [5.74, 6) is -5.44. The molecule has 17 heavy (non-hydrogen) atoms. The first-order chi connectivity index (χ1) is 7.45. The summed E-state index contributed by atoms with van der Waals surface area (Å²) >= 11 is 0. The number of halogens is 8. The van der Waals surface area contributed by atoms with Crippen molar-refractivity contribution in [3.05, 3.63) is 18.0 Å². The van der Waals surface area contributed by atoms with E-state index in [1.807, 2.05) is 0 Å². The first-order valence-electron chi connectivity index (χ1n) is 3.90. The number of hydrogen-bond acceptors (Lipinski definition) is 1. The van der Waals surface area contributed by atoms with Crippen LogP contribution in [0.4, 0.5) is 35.1 Å². The fourth-order valence-corrected chi connectivity index (χ4v) is 0.969. The first-order valence-corrected chi connectivity index (χ1v) is 3.90. The molecule has 0 saturated heterocycles. The molecule has 0 N–H and O–H groups in total. The van der Waals surface area contributed by atoms with Crippen molar-refractivity contribution in [1.82, 2.24) is 9.78 Å².